The van der Waals surface area contributed by atoms with E-state index in [9.17, 15) is 9.59 Å². The average Bonchev–Trinajstić information content (AvgIpc) is 2.51. The molecular formula is C17H15ClO4S. The van der Waals surface area contributed by atoms with Crippen molar-refractivity contribution in [1.82, 2.24) is 0 Å². The van der Waals surface area contributed by atoms with Gasteiger partial charge in [0.05, 0.1) is 18.6 Å². The Morgan fingerprint density at radius 2 is 1.78 bits per heavy atom. The van der Waals surface area contributed by atoms with Crippen LogP contribution in [0.15, 0.2) is 52.3 Å². The van der Waals surface area contributed by atoms with E-state index in [2.05, 4.69) is 0 Å². The normalized spacial score (nSPS) is 10.3. The Morgan fingerprint density at radius 3 is 2.39 bits per heavy atom. The van der Waals surface area contributed by atoms with Gasteiger partial charge in [0, 0.05) is 14.8 Å². The highest BCUT2D eigenvalue weighted by Crippen LogP contribution is 2.30. The van der Waals surface area contributed by atoms with Crippen LogP contribution in [-0.2, 0) is 16.0 Å². The number of hydrogen-bond acceptors (Lipinski definition) is 4. The van der Waals surface area contributed by atoms with Gasteiger partial charge in [-0.25, -0.2) is 4.79 Å². The molecule has 0 unspecified atom stereocenters. The first-order valence-corrected chi connectivity index (χ1v) is 8.14. The number of carboxylic acid groups (broad SMARTS) is 1. The van der Waals surface area contributed by atoms with Gasteiger partial charge in [-0.05, 0) is 48.9 Å². The lowest BCUT2D eigenvalue weighted by molar-refractivity contribution is -0.136. The minimum atomic E-state index is -0.992. The van der Waals surface area contributed by atoms with Crippen LogP contribution in [0.2, 0.25) is 5.02 Å². The molecule has 1 N–H and O–H groups in total. The molecule has 0 saturated heterocycles. The number of carbonyl (C=O) groups excluding carboxylic acids is 1. The number of rotatable bonds is 6. The maximum absolute atomic E-state index is 12.1. The van der Waals surface area contributed by atoms with Gasteiger partial charge in [-0.1, -0.05) is 29.4 Å². The number of hydrogen-bond donors (Lipinski definition) is 1. The van der Waals surface area contributed by atoms with Gasteiger partial charge in [0.25, 0.3) is 0 Å². The third-order valence-electron chi connectivity index (χ3n) is 2.97. The lowest BCUT2D eigenvalue weighted by atomic mass is 10.0. The fourth-order valence-corrected chi connectivity index (χ4v) is 2.96. The van der Waals surface area contributed by atoms with Gasteiger partial charge in [-0.3, -0.25) is 4.79 Å². The number of ether oxygens (including phenoxy) is 1. The summed E-state index contributed by atoms with van der Waals surface area (Å²) in [6.07, 6.45) is -0.222. The molecule has 0 atom stereocenters. The third-order valence-corrected chi connectivity index (χ3v) is 4.22. The Balaban J connectivity index is 2.30. The van der Waals surface area contributed by atoms with Gasteiger partial charge in [0.15, 0.2) is 0 Å². The zero-order valence-electron chi connectivity index (χ0n) is 12.4. The van der Waals surface area contributed by atoms with Crippen LogP contribution >= 0.6 is 23.4 Å². The summed E-state index contributed by atoms with van der Waals surface area (Å²) in [6, 6.07) is 12.4. The summed E-state index contributed by atoms with van der Waals surface area (Å²) in [5, 5.41) is 9.61. The van der Waals surface area contributed by atoms with Crippen molar-refractivity contribution in [2.75, 3.05) is 6.61 Å². The second-order valence-electron chi connectivity index (χ2n) is 4.67. The van der Waals surface area contributed by atoms with Gasteiger partial charge in [-0.2, -0.15) is 0 Å². The zero-order valence-corrected chi connectivity index (χ0v) is 14.0. The molecule has 0 aliphatic rings. The summed E-state index contributed by atoms with van der Waals surface area (Å²) in [5.74, 6) is -1.50. The van der Waals surface area contributed by atoms with Gasteiger partial charge >= 0.3 is 11.9 Å². The van der Waals surface area contributed by atoms with E-state index in [0.717, 1.165) is 9.79 Å². The number of carboxylic acids is 1. The molecule has 2 aromatic carbocycles. The lowest BCUT2D eigenvalue weighted by Crippen LogP contribution is -2.11. The predicted octanol–water partition coefficient (Wildman–Crippen LogP) is 4.30. The standard InChI is InChI=1S/C17H15ClO4S/c1-2-22-17(21)15-10-14(6-3-11(15)9-16(19)20)23-13-7-4-12(18)5-8-13/h3-8,10H,2,9H2,1H3,(H,19,20). The molecule has 0 fully saturated rings. The fourth-order valence-electron chi connectivity index (χ4n) is 1.97. The molecule has 0 aliphatic carbocycles. The Kier molecular flexibility index (Phi) is 6.07. The number of benzene rings is 2. The van der Waals surface area contributed by atoms with Crippen LogP contribution in [-0.4, -0.2) is 23.7 Å². The van der Waals surface area contributed by atoms with Crippen molar-refractivity contribution in [2.45, 2.75) is 23.1 Å². The van der Waals surface area contributed by atoms with E-state index >= 15 is 0 Å². The summed E-state index contributed by atoms with van der Waals surface area (Å²) in [5.41, 5.74) is 0.726. The van der Waals surface area contributed by atoms with Crippen molar-refractivity contribution in [3.63, 3.8) is 0 Å². The Morgan fingerprint density at radius 1 is 1.13 bits per heavy atom. The van der Waals surface area contributed by atoms with Crippen molar-refractivity contribution in [3.8, 4) is 0 Å². The van der Waals surface area contributed by atoms with Crippen LogP contribution in [0.1, 0.15) is 22.8 Å². The molecule has 23 heavy (non-hydrogen) atoms. The topological polar surface area (TPSA) is 63.6 Å². The Bertz CT molecular complexity index is 713. The minimum absolute atomic E-state index is 0.222. The SMILES string of the molecule is CCOC(=O)c1cc(Sc2ccc(Cl)cc2)ccc1CC(=O)O. The quantitative estimate of drug-likeness (QED) is 0.787. The first-order chi connectivity index (χ1) is 11.0. The third kappa shape index (κ3) is 5.01. The first kappa shape index (κ1) is 17.4. The predicted molar refractivity (Wildman–Crippen MR) is 89.3 cm³/mol. The van der Waals surface area contributed by atoms with E-state index in [1.807, 2.05) is 12.1 Å². The molecule has 0 bridgehead atoms. The monoisotopic (exact) mass is 350 g/mol. The molecule has 0 aliphatic heterocycles. The molecule has 0 saturated carbocycles. The number of aliphatic carboxylic acids is 1. The van der Waals surface area contributed by atoms with E-state index in [1.54, 1.807) is 37.3 Å². The first-order valence-electron chi connectivity index (χ1n) is 6.95. The molecule has 120 valence electrons. The van der Waals surface area contributed by atoms with Crippen LogP contribution in [0.3, 0.4) is 0 Å². The highest BCUT2D eigenvalue weighted by atomic mass is 35.5. The van der Waals surface area contributed by atoms with Crippen molar-refractivity contribution in [2.24, 2.45) is 0 Å². The van der Waals surface area contributed by atoms with Crippen LogP contribution in [0, 0.1) is 0 Å². The van der Waals surface area contributed by atoms with Crippen LogP contribution in [0.5, 0.6) is 0 Å². The molecule has 6 heteroatoms. The number of esters is 1. The highest BCUT2D eigenvalue weighted by molar-refractivity contribution is 7.99. The lowest BCUT2D eigenvalue weighted by Gasteiger charge is -2.10. The fraction of sp³-hybridized carbons (Fsp3) is 0.176. The van der Waals surface area contributed by atoms with Gasteiger partial charge in [-0.15, -0.1) is 0 Å². The second kappa shape index (κ2) is 8.04. The maximum atomic E-state index is 12.1. The van der Waals surface area contributed by atoms with Crippen molar-refractivity contribution >= 4 is 35.3 Å². The van der Waals surface area contributed by atoms with E-state index in [4.69, 9.17) is 21.4 Å². The summed E-state index contributed by atoms with van der Waals surface area (Å²) in [7, 11) is 0. The summed E-state index contributed by atoms with van der Waals surface area (Å²) < 4.78 is 5.01. The number of halogens is 1. The molecule has 4 nitrogen and oxygen atoms in total. The summed E-state index contributed by atoms with van der Waals surface area (Å²) >= 11 is 7.32. The van der Waals surface area contributed by atoms with Crippen LogP contribution < -0.4 is 0 Å². The zero-order chi connectivity index (χ0) is 16.8. The molecule has 2 aromatic rings. The maximum Gasteiger partial charge on any atom is 0.338 e. The molecular weight excluding hydrogens is 336 g/mol. The Hall–Kier alpha value is -1.98. The van der Waals surface area contributed by atoms with Crippen LogP contribution in [0.25, 0.3) is 0 Å². The molecule has 0 aromatic heterocycles. The second-order valence-corrected chi connectivity index (χ2v) is 6.25. The molecule has 0 radical (unpaired) electrons. The van der Waals surface area contributed by atoms with Crippen LogP contribution in [0.4, 0.5) is 0 Å². The minimum Gasteiger partial charge on any atom is -0.481 e. The smallest absolute Gasteiger partial charge is 0.338 e. The highest BCUT2D eigenvalue weighted by Gasteiger charge is 2.16. The van der Waals surface area contributed by atoms with E-state index in [1.165, 1.54) is 11.8 Å². The molecule has 2 rings (SSSR count). The molecule has 0 heterocycles. The van der Waals surface area contributed by atoms with E-state index < -0.39 is 11.9 Å². The molecule has 0 amide bonds. The summed E-state index contributed by atoms with van der Waals surface area (Å²) in [4.78, 5) is 24.8. The van der Waals surface area contributed by atoms with Crippen molar-refractivity contribution in [1.29, 1.82) is 0 Å². The largest absolute Gasteiger partial charge is 0.481 e. The van der Waals surface area contributed by atoms with E-state index in [0.29, 0.717) is 10.6 Å². The Labute approximate surface area is 143 Å². The number of carbonyl (C=O) groups is 2. The van der Waals surface area contributed by atoms with Crippen molar-refractivity contribution in [3.05, 3.63) is 58.6 Å². The van der Waals surface area contributed by atoms with E-state index in [-0.39, 0.29) is 18.6 Å². The average molecular weight is 351 g/mol. The van der Waals surface area contributed by atoms with Gasteiger partial charge in [0.1, 0.15) is 0 Å². The van der Waals surface area contributed by atoms with Gasteiger partial charge < -0.3 is 9.84 Å². The van der Waals surface area contributed by atoms with Crippen molar-refractivity contribution < 1.29 is 19.4 Å². The van der Waals surface area contributed by atoms with Gasteiger partial charge in [0.2, 0.25) is 0 Å². The molecule has 0 spiro atoms. The summed E-state index contributed by atoms with van der Waals surface area (Å²) in [6.45, 7) is 1.95.